The van der Waals surface area contributed by atoms with Crippen molar-refractivity contribution in [2.75, 3.05) is 11.2 Å². The quantitative estimate of drug-likeness (QED) is 0.286. The highest BCUT2D eigenvalue weighted by atomic mass is 35.5. The summed E-state index contributed by atoms with van der Waals surface area (Å²) >= 11 is 7.41. The van der Waals surface area contributed by atoms with Crippen LogP contribution in [-0.4, -0.2) is 56.7 Å². The third-order valence-electron chi connectivity index (χ3n) is 7.14. The molecule has 0 spiro atoms. The molecule has 3 aromatic rings. The van der Waals surface area contributed by atoms with Crippen LogP contribution in [0.15, 0.2) is 78.9 Å². The molecule has 10 heteroatoms. The number of carbonyl (C=O) groups is 3. The number of aliphatic hydroxyl groups is 1. The highest BCUT2D eigenvalue weighted by Crippen LogP contribution is 2.40. The second-order valence-corrected chi connectivity index (χ2v) is 12.6. The number of hydrogen-bond donors (Lipinski definition) is 4. The molecule has 0 bridgehead atoms. The Morgan fingerprint density at radius 3 is 2.37 bits per heavy atom. The summed E-state index contributed by atoms with van der Waals surface area (Å²) in [5, 5.41) is 20.4. The van der Waals surface area contributed by atoms with Gasteiger partial charge >= 0.3 is 6.03 Å². The van der Waals surface area contributed by atoms with Gasteiger partial charge in [0.05, 0.1) is 11.9 Å². The number of nitrogens with zero attached hydrogens (tertiary/aromatic N) is 1. The molecule has 8 nitrogen and oxygen atoms in total. The zero-order valence-corrected chi connectivity index (χ0v) is 24.8. The molecule has 0 aromatic heterocycles. The molecule has 4 N–H and O–H groups in total. The Hall–Kier alpha value is -3.53. The van der Waals surface area contributed by atoms with E-state index in [0.29, 0.717) is 17.3 Å². The van der Waals surface area contributed by atoms with Gasteiger partial charge in [-0.25, -0.2) is 4.79 Å². The van der Waals surface area contributed by atoms with Crippen molar-refractivity contribution in [2.45, 2.75) is 56.7 Å². The van der Waals surface area contributed by atoms with Gasteiger partial charge in [0.2, 0.25) is 5.91 Å². The summed E-state index contributed by atoms with van der Waals surface area (Å²) in [5.74, 6) is -0.677. The van der Waals surface area contributed by atoms with Crippen molar-refractivity contribution in [3.63, 3.8) is 0 Å². The van der Waals surface area contributed by atoms with E-state index in [-0.39, 0.29) is 18.2 Å². The molecule has 0 aliphatic carbocycles. The van der Waals surface area contributed by atoms with Gasteiger partial charge in [-0.15, -0.1) is 11.8 Å². The number of aryl methyl sites for hydroxylation is 1. The summed E-state index contributed by atoms with van der Waals surface area (Å²) in [6.07, 6.45) is -1.39. The zero-order chi connectivity index (χ0) is 29.6. The minimum Gasteiger partial charge on any atom is -0.381 e. The van der Waals surface area contributed by atoms with E-state index in [0.717, 1.165) is 16.7 Å². The van der Waals surface area contributed by atoms with E-state index in [1.807, 2.05) is 75.4 Å². The maximum absolute atomic E-state index is 13.8. The summed E-state index contributed by atoms with van der Waals surface area (Å²) in [6, 6.07) is 21.3. The fraction of sp³-hybridized carbons (Fsp3) is 0.323. The van der Waals surface area contributed by atoms with Gasteiger partial charge in [-0.3, -0.25) is 9.59 Å². The van der Waals surface area contributed by atoms with E-state index >= 15 is 0 Å². The fourth-order valence-corrected chi connectivity index (χ4v) is 6.09. The minimum atomic E-state index is -1.59. The zero-order valence-electron chi connectivity index (χ0n) is 23.3. The van der Waals surface area contributed by atoms with Crippen molar-refractivity contribution in [2.24, 2.45) is 0 Å². The second kappa shape index (κ2) is 13.4. The first-order chi connectivity index (χ1) is 19.5. The molecule has 0 saturated carbocycles. The molecule has 4 amide bonds. The number of carbonyl (C=O) groups excluding carboxylic acids is 3. The Balaban J connectivity index is 1.50. The first-order valence-electron chi connectivity index (χ1n) is 13.4. The van der Waals surface area contributed by atoms with Gasteiger partial charge in [0.25, 0.3) is 5.91 Å². The van der Waals surface area contributed by atoms with Crippen molar-refractivity contribution in [1.29, 1.82) is 0 Å². The molecule has 3 aromatic carbocycles. The van der Waals surface area contributed by atoms with Crippen LogP contribution in [0.5, 0.6) is 0 Å². The smallest absolute Gasteiger partial charge is 0.319 e. The number of benzene rings is 3. The average Bonchev–Trinajstić information content (AvgIpc) is 3.27. The largest absolute Gasteiger partial charge is 0.381 e. The van der Waals surface area contributed by atoms with Crippen LogP contribution >= 0.6 is 23.4 Å². The van der Waals surface area contributed by atoms with E-state index in [1.54, 1.807) is 24.3 Å². The molecule has 4 rings (SSSR count). The molecular weight excluding hydrogens is 560 g/mol. The Kier molecular flexibility index (Phi) is 9.96. The fourth-order valence-electron chi connectivity index (χ4n) is 4.82. The highest BCUT2D eigenvalue weighted by Gasteiger charge is 2.49. The number of rotatable bonds is 9. The second-order valence-electron chi connectivity index (χ2n) is 10.6. The number of anilines is 1. The van der Waals surface area contributed by atoms with Gasteiger partial charge in [-0.05, 0) is 68.1 Å². The Labute approximate surface area is 249 Å². The summed E-state index contributed by atoms with van der Waals surface area (Å²) in [7, 11) is 0. The number of nitrogens with one attached hydrogen (secondary N) is 3. The Morgan fingerprint density at radius 2 is 1.68 bits per heavy atom. The van der Waals surface area contributed by atoms with Crippen LogP contribution in [0.4, 0.5) is 10.5 Å². The summed E-state index contributed by atoms with van der Waals surface area (Å²) in [6.45, 7) is 6.13. The predicted molar refractivity (Wildman–Crippen MR) is 164 cm³/mol. The number of urea groups is 1. The van der Waals surface area contributed by atoms with Gasteiger partial charge in [-0.1, -0.05) is 66.2 Å². The topological polar surface area (TPSA) is 111 Å². The van der Waals surface area contributed by atoms with E-state index in [2.05, 4.69) is 16.0 Å². The van der Waals surface area contributed by atoms with Crippen molar-refractivity contribution in [3.05, 3.63) is 101 Å². The molecule has 1 heterocycles. The van der Waals surface area contributed by atoms with Gasteiger partial charge in [-0.2, -0.15) is 0 Å². The van der Waals surface area contributed by atoms with E-state index in [1.165, 1.54) is 16.7 Å². The number of halogens is 1. The van der Waals surface area contributed by atoms with Crippen molar-refractivity contribution >= 4 is 46.9 Å². The molecule has 41 heavy (non-hydrogen) atoms. The SMILES string of the molecule is Cc1ccccc1CNC(=O)C1N(C(=O)C(O)C(Cc2ccccc2)NC(=O)Nc2ccc(Cl)cc2)CSC1(C)C. The van der Waals surface area contributed by atoms with Gasteiger partial charge in [0, 0.05) is 22.0 Å². The molecule has 1 aliphatic heterocycles. The predicted octanol–water partition coefficient (Wildman–Crippen LogP) is 4.74. The molecule has 1 fully saturated rings. The van der Waals surface area contributed by atoms with E-state index < -0.39 is 34.9 Å². The Morgan fingerprint density at radius 1 is 1.02 bits per heavy atom. The molecule has 216 valence electrons. The monoisotopic (exact) mass is 594 g/mol. The van der Waals surface area contributed by atoms with Crippen LogP contribution < -0.4 is 16.0 Å². The van der Waals surface area contributed by atoms with Gasteiger partial charge < -0.3 is 26.0 Å². The first-order valence-corrected chi connectivity index (χ1v) is 14.7. The molecule has 1 aliphatic rings. The van der Waals surface area contributed by atoms with Crippen LogP contribution in [0.1, 0.15) is 30.5 Å². The molecule has 3 unspecified atom stereocenters. The average molecular weight is 595 g/mol. The van der Waals surface area contributed by atoms with E-state index in [4.69, 9.17) is 11.6 Å². The van der Waals surface area contributed by atoms with Crippen LogP contribution in [0, 0.1) is 6.92 Å². The molecule has 3 atom stereocenters. The number of aliphatic hydroxyl groups excluding tert-OH is 1. The van der Waals surface area contributed by atoms with Crippen molar-refractivity contribution < 1.29 is 19.5 Å². The van der Waals surface area contributed by atoms with Crippen molar-refractivity contribution in [3.8, 4) is 0 Å². The van der Waals surface area contributed by atoms with Crippen LogP contribution in [0.2, 0.25) is 5.02 Å². The molecule has 0 radical (unpaired) electrons. The summed E-state index contributed by atoms with van der Waals surface area (Å²) in [5.41, 5.74) is 3.39. The lowest BCUT2D eigenvalue weighted by atomic mass is 9.97. The maximum Gasteiger partial charge on any atom is 0.319 e. The summed E-state index contributed by atoms with van der Waals surface area (Å²) < 4.78 is -0.584. The van der Waals surface area contributed by atoms with Crippen molar-refractivity contribution in [1.82, 2.24) is 15.5 Å². The lowest BCUT2D eigenvalue weighted by molar-refractivity contribution is -0.147. The normalized spacial score (nSPS) is 17.4. The highest BCUT2D eigenvalue weighted by molar-refractivity contribution is 8.00. The third kappa shape index (κ3) is 7.81. The molecular formula is C31H35ClN4O4S. The van der Waals surface area contributed by atoms with Gasteiger partial charge in [0.15, 0.2) is 6.10 Å². The number of thioether (sulfide) groups is 1. The maximum atomic E-state index is 13.8. The minimum absolute atomic E-state index is 0.205. The molecule has 1 saturated heterocycles. The standard InChI is InChI=1S/C31H35ClN4O4S/c1-20-9-7-8-12-22(20)18-33-28(38)27-31(2,3)41-19-36(27)29(39)26(37)25(17-21-10-5-4-6-11-21)35-30(40)34-24-15-13-23(32)14-16-24/h4-16,25-27,37H,17-19H2,1-3H3,(H,33,38)(H2,34,35,40). The van der Waals surface area contributed by atoms with Crippen LogP contribution in [0.25, 0.3) is 0 Å². The summed E-state index contributed by atoms with van der Waals surface area (Å²) in [4.78, 5) is 41.6. The van der Waals surface area contributed by atoms with Crippen LogP contribution in [0.3, 0.4) is 0 Å². The number of amides is 4. The van der Waals surface area contributed by atoms with E-state index in [9.17, 15) is 19.5 Å². The lowest BCUT2D eigenvalue weighted by Gasteiger charge is -2.33. The third-order valence-corrected chi connectivity index (χ3v) is 8.77. The number of hydrogen-bond acceptors (Lipinski definition) is 5. The first kappa shape index (κ1) is 30.4. The Bertz CT molecular complexity index is 1370. The lowest BCUT2D eigenvalue weighted by Crippen LogP contribution is -2.59. The van der Waals surface area contributed by atoms with Gasteiger partial charge in [0.1, 0.15) is 6.04 Å². The van der Waals surface area contributed by atoms with Crippen LogP contribution in [-0.2, 0) is 22.6 Å².